The normalized spacial score (nSPS) is 13.1. The number of pyridine rings is 1. The SMILES string of the molecule is CCSc1nc(N2CCCc3ccccc32)cc(C)c1C(=O)NCc1cccc(F)c1. The Morgan fingerprint density at radius 3 is 2.84 bits per heavy atom. The lowest BCUT2D eigenvalue weighted by atomic mass is 10.0. The van der Waals surface area contributed by atoms with Gasteiger partial charge in [-0.3, -0.25) is 4.79 Å². The third kappa shape index (κ3) is 4.74. The Kier molecular flexibility index (Phi) is 6.56. The zero-order valence-electron chi connectivity index (χ0n) is 17.8. The van der Waals surface area contributed by atoms with E-state index in [-0.39, 0.29) is 18.3 Å². The van der Waals surface area contributed by atoms with Crippen LogP contribution in [0.2, 0.25) is 0 Å². The number of carbonyl (C=O) groups is 1. The van der Waals surface area contributed by atoms with Crippen molar-refractivity contribution in [1.82, 2.24) is 10.3 Å². The third-order valence-corrected chi connectivity index (χ3v) is 6.26. The van der Waals surface area contributed by atoms with Crippen molar-refractivity contribution in [2.24, 2.45) is 0 Å². The maximum Gasteiger partial charge on any atom is 0.254 e. The van der Waals surface area contributed by atoms with Crippen LogP contribution in [0.25, 0.3) is 0 Å². The highest BCUT2D eigenvalue weighted by Gasteiger charge is 2.23. The lowest BCUT2D eigenvalue weighted by molar-refractivity contribution is 0.0946. The van der Waals surface area contributed by atoms with Gasteiger partial charge in [-0.15, -0.1) is 11.8 Å². The number of amides is 1. The third-order valence-electron chi connectivity index (χ3n) is 5.41. The second-order valence-electron chi connectivity index (χ2n) is 7.61. The van der Waals surface area contributed by atoms with E-state index in [1.54, 1.807) is 23.9 Å². The van der Waals surface area contributed by atoms with Crippen LogP contribution < -0.4 is 10.2 Å². The molecule has 6 heteroatoms. The molecule has 0 aliphatic carbocycles. The number of thioether (sulfide) groups is 1. The summed E-state index contributed by atoms with van der Waals surface area (Å²) in [5.74, 6) is 1.20. The first-order valence-corrected chi connectivity index (χ1v) is 11.6. The average Bonchev–Trinajstić information content (AvgIpc) is 2.77. The average molecular weight is 436 g/mol. The molecule has 160 valence electrons. The van der Waals surface area contributed by atoms with Crippen molar-refractivity contribution in [2.75, 3.05) is 17.2 Å². The van der Waals surface area contributed by atoms with Crippen LogP contribution in [0.5, 0.6) is 0 Å². The summed E-state index contributed by atoms with van der Waals surface area (Å²) in [5.41, 5.74) is 4.73. The van der Waals surface area contributed by atoms with Crippen LogP contribution in [-0.2, 0) is 13.0 Å². The van der Waals surface area contributed by atoms with Crippen molar-refractivity contribution >= 4 is 29.2 Å². The number of nitrogens with one attached hydrogen (secondary N) is 1. The predicted molar refractivity (Wildman–Crippen MR) is 125 cm³/mol. The number of nitrogens with zero attached hydrogens (tertiary/aromatic N) is 2. The van der Waals surface area contributed by atoms with E-state index in [1.165, 1.54) is 23.4 Å². The van der Waals surface area contributed by atoms with Gasteiger partial charge in [0.1, 0.15) is 16.7 Å². The van der Waals surface area contributed by atoms with Crippen LogP contribution in [0.4, 0.5) is 15.9 Å². The quantitative estimate of drug-likeness (QED) is 0.508. The number of aryl methyl sites for hydroxylation is 2. The van der Waals surface area contributed by atoms with Gasteiger partial charge in [0.15, 0.2) is 0 Å². The molecule has 4 nitrogen and oxygen atoms in total. The lowest BCUT2D eigenvalue weighted by Gasteiger charge is -2.31. The minimum absolute atomic E-state index is 0.184. The van der Waals surface area contributed by atoms with Gasteiger partial charge in [-0.2, -0.15) is 0 Å². The predicted octanol–water partition coefficient (Wildman–Crippen LogP) is 5.66. The van der Waals surface area contributed by atoms with Gasteiger partial charge in [-0.1, -0.05) is 37.3 Å². The van der Waals surface area contributed by atoms with Gasteiger partial charge in [-0.25, -0.2) is 9.37 Å². The van der Waals surface area contributed by atoms with Gasteiger partial charge in [0.05, 0.1) is 5.56 Å². The van der Waals surface area contributed by atoms with Gasteiger partial charge >= 0.3 is 0 Å². The van der Waals surface area contributed by atoms with Gasteiger partial charge in [0.2, 0.25) is 0 Å². The number of benzene rings is 2. The van der Waals surface area contributed by atoms with E-state index in [0.29, 0.717) is 5.56 Å². The molecule has 2 aromatic carbocycles. The molecule has 2 heterocycles. The molecule has 0 unspecified atom stereocenters. The highest BCUT2D eigenvalue weighted by atomic mass is 32.2. The van der Waals surface area contributed by atoms with E-state index in [4.69, 9.17) is 4.98 Å². The summed E-state index contributed by atoms with van der Waals surface area (Å²) in [5, 5.41) is 3.66. The monoisotopic (exact) mass is 435 g/mol. The van der Waals surface area contributed by atoms with Crippen LogP contribution in [0.15, 0.2) is 59.6 Å². The Morgan fingerprint density at radius 2 is 2.03 bits per heavy atom. The molecule has 4 rings (SSSR count). The van der Waals surface area contributed by atoms with Crippen molar-refractivity contribution in [2.45, 2.75) is 38.3 Å². The van der Waals surface area contributed by atoms with Gasteiger partial charge in [0, 0.05) is 18.8 Å². The molecule has 0 saturated heterocycles. The number of para-hydroxylation sites is 1. The molecule has 0 spiro atoms. The molecule has 0 atom stereocenters. The Morgan fingerprint density at radius 1 is 1.19 bits per heavy atom. The standard InChI is InChI=1S/C25H26FN3OS/c1-3-31-25-23(24(30)27-16-18-8-6-11-20(26)15-18)17(2)14-22(28-25)29-13-7-10-19-9-4-5-12-21(19)29/h4-6,8-9,11-12,14-15H,3,7,10,13,16H2,1-2H3,(H,27,30). The lowest BCUT2D eigenvalue weighted by Crippen LogP contribution is -2.27. The number of halogens is 1. The second kappa shape index (κ2) is 9.52. The Bertz CT molecular complexity index is 1100. The number of rotatable bonds is 6. The van der Waals surface area contributed by atoms with Crippen LogP contribution >= 0.6 is 11.8 Å². The minimum atomic E-state index is -0.307. The molecule has 1 aliphatic heterocycles. The fourth-order valence-corrected chi connectivity index (χ4v) is 4.80. The Balaban J connectivity index is 1.63. The van der Waals surface area contributed by atoms with Crippen molar-refractivity contribution in [3.05, 3.63) is 82.7 Å². The van der Waals surface area contributed by atoms with Gasteiger partial charge in [0.25, 0.3) is 5.91 Å². The first kappa shape index (κ1) is 21.4. The molecule has 1 aliphatic rings. The molecule has 1 amide bonds. The van der Waals surface area contributed by atoms with Crippen molar-refractivity contribution in [3.63, 3.8) is 0 Å². The fourth-order valence-electron chi connectivity index (χ4n) is 3.97. The van der Waals surface area contributed by atoms with E-state index < -0.39 is 0 Å². The van der Waals surface area contributed by atoms with Gasteiger partial charge < -0.3 is 10.2 Å². The Labute approximate surface area is 186 Å². The molecule has 0 fully saturated rings. The molecular formula is C25H26FN3OS. The number of hydrogen-bond donors (Lipinski definition) is 1. The number of hydrogen-bond acceptors (Lipinski definition) is 4. The highest BCUT2D eigenvalue weighted by Crippen LogP contribution is 2.35. The second-order valence-corrected chi connectivity index (χ2v) is 8.86. The van der Waals surface area contributed by atoms with Gasteiger partial charge in [-0.05, 0) is 66.5 Å². The Hall–Kier alpha value is -2.86. The van der Waals surface area contributed by atoms with Crippen LogP contribution in [0, 0.1) is 12.7 Å². The summed E-state index contributed by atoms with van der Waals surface area (Å²) in [6, 6.07) is 16.7. The van der Waals surface area contributed by atoms with Crippen LogP contribution in [0.3, 0.4) is 0 Å². The van der Waals surface area contributed by atoms with E-state index >= 15 is 0 Å². The molecule has 31 heavy (non-hydrogen) atoms. The maximum absolute atomic E-state index is 13.4. The van der Waals surface area contributed by atoms with E-state index in [9.17, 15) is 9.18 Å². The topological polar surface area (TPSA) is 45.2 Å². The minimum Gasteiger partial charge on any atom is -0.348 e. The first-order chi connectivity index (χ1) is 15.1. The van der Waals surface area contributed by atoms with Crippen LogP contribution in [0.1, 0.15) is 40.4 Å². The van der Waals surface area contributed by atoms with Crippen molar-refractivity contribution < 1.29 is 9.18 Å². The molecule has 0 radical (unpaired) electrons. The first-order valence-electron chi connectivity index (χ1n) is 10.6. The molecule has 0 saturated carbocycles. The summed E-state index contributed by atoms with van der Waals surface area (Å²) in [6.07, 6.45) is 2.15. The number of aromatic nitrogens is 1. The zero-order valence-corrected chi connectivity index (χ0v) is 18.6. The summed E-state index contributed by atoms with van der Waals surface area (Å²) in [7, 11) is 0. The maximum atomic E-state index is 13.4. The molecule has 1 N–H and O–H groups in total. The van der Waals surface area contributed by atoms with Crippen LogP contribution in [-0.4, -0.2) is 23.2 Å². The van der Waals surface area contributed by atoms with E-state index in [2.05, 4.69) is 41.4 Å². The number of carbonyl (C=O) groups excluding carboxylic acids is 1. The fraction of sp³-hybridized carbons (Fsp3) is 0.280. The molecular weight excluding hydrogens is 409 g/mol. The van der Waals surface area contributed by atoms with E-state index in [1.807, 2.05) is 13.0 Å². The summed E-state index contributed by atoms with van der Waals surface area (Å²) < 4.78 is 13.4. The summed E-state index contributed by atoms with van der Waals surface area (Å²) in [4.78, 5) is 20.2. The van der Waals surface area contributed by atoms with E-state index in [0.717, 1.165) is 47.1 Å². The number of anilines is 2. The van der Waals surface area contributed by atoms with Crippen molar-refractivity contribution in [1.29, 1.82) is 0 Å². The largest absolute Gasteiger partial charge is 0.348 e. The number of fused-ring (bicyclic) bond motifs is 1. The highest BCUT2D eigenvalue weighted by molar-refractivity contribution is 7.99. The molecule has 3 aromatic rings. The van der Waals surface area contributed by atoms with Crippen molar-refractivity contribution in [3.8, 4) is 0 Å². The smallest absolute Gasteiger partial charge is 0.254 e. The summed E-state index contributed by atoms with van der Waals surface area (Å²) >= 11 is 1.57. The zero-order chi connectivity index (χ0) is 21.8. The molecule has 1 aromatic heterocycles. The summed E-state index contributed by atoms with van der Waals surface area (Å²) in [6.45, 7) is 5.19. The molecule has 0 bridgehead atoms.